The van der Waals surface area contributed by atoms with E-state index in [4.69, 9.17) is 4.74 Å². The Morgan fingerprint density at radius 2 is 1.84 bits per heavy atom. The van der Waals surface area contributed by atoms with Crippen LogP contribution in [-0.2, 0) is 21.8 Å². The van der Waals surface area contributed by atoms with Crippen molar-refractivity contribution < 1.29 is 22.7 Å². The van der Waals surface area contributed by atoms with E-state index in [1.165, 1.54) is 28.1 Å². The van der Waals surface area contributed by atoms with Gasteiger partial charge in [0.1, 0.15) is 10.6 Å². The van der Waals surface area contributed by atoms with Crippen LogP contribution in [0.3, 0.4) is 0 Å². The Hall–Kier alpha value is -2.91. The van der Waals surface area contributed by atoms with Crippen molar-refractivity contribution in [2.24, 2.45) is 7.05 Å². The van der Waals surface area contributed by atoms with Crippen molar-refractivity contribution in [3.8, 4) is 0 Å². The highest BCUT2D eigenvalue weighted by atomic mass is 32.2. The van der Waals surface area contributed by atoms with Crippen LogP contribution in [0.5, 0.6) is 0 Å². The summed E-state index contributed by atoms with van der Waals surface area (Å²) in [6.45, 7) is 7.45. The number of esters is 1. The lowest BCUT2D eigenvalue weighted by atomic mass is 10.0. The molecule has 2 heterocycles. The van der Waals surface area contributed by atoms with Crippen LogP contribution < -0.4 is 0 Å². The highest BCUT2D eigenvalue weighted by Crippen LogP contribution is 2.25. The Morgan fingerprint density at radius 3 is 2.48 bits per heavy atom. The quantitative estimate of drug-likeness (QED) is 0.424. The Bertz CT molecular complexity index is 1240. The first-order valence-electron chi connectivity index (χ1n) is 10.1. The number of hydrogen-bond donors (Lipinski definition) is 1. The molecule has 3 aromatic rings. The van der Waals surface area contributed by atoms with E-state index in [1.54, 1.807) is 27.8 Å². The highest BCUT2D eigenvalue weighted by Gasteiger charge is 2.29. The lowest BCUT2D eigenvalue weighted by molar-refractivity contribution is 0.0310. The molecule has 1 aromatic carbocycles. The van der Waals surface area contributed by atoms with E-state index in [2.05, 4.69) is 4.98 Å². The van der Waals surface area contributed by atoms with Crippen LogP contribution in [0.15, 0.2) is 41.4 Å². The van der Waals surface area contributed by atoms with Crippen LogP contribution in [-0.4, -0.2) is 53.2 Å². The number of benzene rings is 1. The van der Waals surface area contributed by atoms with Gasteiger partial charge in [0.05, 0.1) is 0 Å². The normalized spacial score (nSPS) is 13.0. The Balaban J connectivity index is 1.84. The number of carbonyl (C=O) groups excluding carboxylic acids is 2. The lowest BCUT2D eigenvalue weighted by Crippen LogP contribution is -2.30. The number of nitrogens with one attached hydrogen (secondary N) is 1. The van der Waals surface area contributed by atoms with E-state index in [0.29, 0.717) is 24.3 Å². The molecule has 0 bridgehead atoms. The average molecular weight is 446 g/mol. The number of fused-ring (bicyclic) bond motifs is 1. The van der Waals surface area contributed by atoms with Crippen molar-refractivity contribution in [2.75, 3.05) is 13.1 Å². The fraction of sp³-hybridized carbons (Fsp3) is 0.364. The molecule has 3 rings (SSSR count). The maximum absolute atomic E-state index is 13.0. The number of Topliss-reactive ketones (excluding diaryl/α,β-unsaturated/α-hetero) is 1. The highest BCUT2D eigenvalue weighted by molar-refractivity contribution is 7.89. The first-order chi connectivity index (χ1) is 14.6. The summed E-state index contributed by atoms with van der Waals surface area (Å²) in [5.41, 5.74) is 2.06. The van der Waals surface area contributed by atoms with Gasteiger partial charge in [0.15, 0.2) is 6.10 Å². The molecule has 1 N–H and O–H groups in total. The van der Waals surface area contributed by atoms with E-state index in [1.807, 2.05) is 24.3 Å². The number of hydrogen-bond acceptors (Lipinski definition) is 5. The van der Waals surface area contributed by atoms with Gasteiger partial charge in [-0.3, -0.25) is 4.79 Å². The molecule has 0 aliphatic heterocycles. The molecule has 9 heteroatoms. The number of sulfonamides is 1. The molecule has 0 amide bonds. The first kappa shape index (κ1) is 22.8. The molecule has 0 saturated heterocycles. The van der Waals surface area contributed by atoms with Crippen molar-refractivity contribution in [3.63, 3.8) is 0 Å². The summed E-state index contributed by atoms with van der Waals surface area (Å²) in [6, 6.07) is 8.70. The molecule has 1 atom stereocenters. The summed E-state index contributed by atoms with van der Waals surface area (Å²) >= 11 is 0. The monoisotopic (exact) mass is 445 g/mol. The molecule has 0 fully saturated rings. The summed E-state index contributed by atoms with van der Waals surface area (Å²) in [4.78, 5) is 28.9. The average Bonchev–Trinajstić information content (AvgIpc) is 3.27. The summed E-state index contributed by atoms with van der Waals surface area (Å²) in [6.07, 6.45) is 0.337. The summed E-state index contributed by atoms with van der Waals surface area (Å²) < 4.78 is 33.6. The number of aromatic nitrogens is 2. The Labute approximate surface area is 181 Å². The smallest absolute Gasteiger partial charge is 0.355 e. The van der Waals surface area contributed by atoms with E-state index in [-0.39, 0.29) is 16.4 Å². The number of H-pyrrole nitrogens is 1. The van der Waals surface area contributed by atoms with Gasteiger partial charge >= 0.3 is 5.97 Å². The van der Waals surface area contributed by atoms with Gasteiger partial charge < -0.3 is 14.3 Å². The number of aromatic amines is 1. The number of ketones is 1. The van der Waals surface area contributed by atoms with Crippen molar-refractivity contribution in [3.05, 3.63) is 53.5 Å². The topological polar surface area (TPSA) is 101 Å². The zero-order chi connectivity index (χ0) is 22.9. The molecule has 0 aliphatic carbocycles. The van der Waals surface area contributed by atoms with Gasteiger partial charge in [0, 0.05) is 48.5 Å². The molecule has 0 spiro atoms. The molecule has 0 aliphatic rings. The predicted molar refractivity (Wildman–Crippen MR) is 118 cm³/mol. The number of carbonyl (C=O) groups is 2. The fourth-order valence-electron chi connectivity index (χ4n) is 3.66. The van der Waals surface area contributed by atoms with Crippen molar-refractivity contribution >= 4 is 32.7 Å². The standard InChI is InChI=1S/C22H27N3O5S/c1-6-25(7-2)31(28,29)16-12-19(24(5)13-16)22(27)30-15(4)21(26)20-14(3)23-18-11-9-8-10-17(18)20/h8-13,15,23H,6-7H2,1-5H3. The third-order valence-corrected chi connectivity index (χ3v) is 7.34. The molecule has 8 nitrogen and oxygen atoms in total. The molecule has 0 radical (unpaired) electrons. The minimum atomic E-state index is -3.71. The second-order valence-electron chi connectivity index (χ2n) is 7.34. The SMILES string of the molecule is CCN(CC)S(=O)(=O)c1cc(C(=O)OC(C)C(=O)c2c(C)[nH]c3ccccc23)n(C)c1. The van der Waals surface area contributed by atoms with Gasteiger partial charge in [-0.15, -0.1) is 0 Å². The van der Waals surface area contributed by atoms with E-state index in [0.717, 1.165) is 10.9 Å². The molecular formula is C22H27N3O5S. The van der Waals surface area contributed by atoms with Crippen LogP contribution in [0.2, 0.25) is 0 Å². The van der Waals surface area contributed by atoms with Gasteiger partial charge in [-0.2, -0.15) is 4.31 Å². The van der Waals surface area contributed by atoms with Crippen molar-refractivity contribution in [1.82, 2.24) is 13.9 Å². The Kier molecular flexibility index (Phi) is 6.38. The second kappa shape index (κ2) is 8.68. The number of para-hydroxylation sites is 1. The van der Waals surface area contributed by atoms with Crippen molar-refractivity contribution in [1.29, 1.82) is 0 Å². The van der Waals surface area contributed by atoms with E-state index < -0.39 is 22.1 Å². The van der Waals surface area contributed by atoms with Crippen LogP contribution in [0.25, 0.3) is 10.9 Å². The zero-order valence-electron chi connectivity index (χ0n) is 18.3. The van der Waals surface area contributed by atoms with Gasteiger partial charge in [-0.05, 0) is 26.0 Å². The number of rotatable bonds is 8. The van der Waals surface area contributed by atoms with E-state index in [9.17, 15) is 18.0 Å². The summed E-state index contributed by atoms with van der Waals surface area (Å²) in [5, 5.41) is 0.763. The third kappa shape index (κ3) is 4.15. The molecular weight excluding hydrogens is 418 g/mol. The van der Waals surface area contributed by atoms with Crippen LogP contribution in [0.4, 0.5) is 0 Å². The molecule has 166 valence electrons. The van der Waals surface area contributed by atoms with Crippen molar-refractivity contribution in [2.45, 2.75) is 38.7 Å². The summed E-state index contributed by atoms with van der Waals surface area (Å²) in [7, 11) is -2.15. The summed E-state index contributed by atoms with van der Waals surface area (Å²) in [5.74, 6) is -1.09. The zero-order valence-corrected chi connectivity index (χ0v) is 19.1. The minimum Gasteiger partial charge on any atom is -0.450 e. The fourth-order valence-corrected chi connectivity index (χ4v) is 5.19. The maximum Gasteiger partial charge on any atom is 0.355 e. The lowest BCUT2D eigenvalue weighted by Gasteiger charge is -2.17. The second-order valence-corrected chi connectivity index (χ2v) is 9.28. The molecule has 0 saturated carbocycles. The van der Waals surface area contributed by atoms with Crippen LogP contribution in [0.1, 0.15) is 47.3 Å². The third-order valence-electron chi connectivity index (χ3n) is 5.33. The number of ether oxygens (including phenoxy) is 1. The van der Waals surface area contributed by atoms with Gasteiger partial charge in [-0.25, -0.2) is 13.2 Å². The molecule has 1 unspecified atom stereocenters. The largest absolute Gasteiger partial charge is 0.450 e. The molecule has 31 heavy (non-hydrogen) atoms. The molecule has 2 aromatic heterocycles. The van der Waals surface area contributed by atoms with Gasteiger partial charge in [-0.1, -0.05) is 32.0 Å². The first-order valence-corrected chi connectivity index (χ1v) is 11.5. The van der Waals surface area contributed by atoms with Gasteiger partial charge in [0.25, 0.3) is 0 Å². The van der Waals surface area contributed by atoms with E-state index >= 15 is 0 Å². The predicted octanol–water partition coefficient (Wildman–Crippen LogP) is 3.27. The Morgan fingerprint density at radius 1 is 1.19 bits per heavy atom. The number of nitrogens with zero attached hydrogens (tertiary/aromatic N) is 2. The van der Waals surface area contributed by atoms with Gasteiger partial charge in [0.2, 0.25) is 15.8 Å². The maximum atomic E-state index is 13.0. The van der Waals surface area contributed by atoms with Crippen LogP contribution >= 0.6 is 0 Å². The number of aryl methyl sites for hydroxylation is 2. The van der Waals surface area contributed by atoms with Crippen LogP contribution in [0, 0.1) is 6.92 Å². The minimum absolute atomic E-state index is 0.0112.